The van der Waals surface area contributed by atoms with Crippen LogP contribution >= 0.6 is 0 Å². The smallest absolute Gasteiger partial charge is 0.155 e. The molecule has 1 rings (SSSR count). The van der Waals surface area contributed by atoms with Crippen molar-refractivity contribution < 1.29 is 13.2 Å². The molecule has 0 aromatic heterocycles. The highest BCUT2D eigenvalue weighted by atomic mass is 32.2. The molecule has 0 aromatic carbocycles. The minimum absolute atomic E-state index is 0.200. The normalized spacial score (nSPS) is 18.1. The highest BCUT2D eigenvalue weighted by molar-refractivity contribution is 7.91. The predicted octanol–water partition coefficient (Wildman–Crippen LogP) is 2.27. The van der Waals surface area contributed by atoms with E-state index < -0.39 is 9.84 Å². The van der Waals surface area contributed by atoms with Gasteiger partial charge in [-0.1, -0.05) is 12.5 Å². The lowest BCUT2D eigenvalue weighted by molar-refractivity contribution is -0.114. The fraction of sp³-hybridized carbons (Fsp3) is 0.750. The minimum atomic E-state index is -2.86. The van der Waals surface area contributed by atoms with E-state index >= 15 is 0 Å². The summed E-state index contributed by atoms with van der Waals surface area (Å²) in [5.74, 6) is 0.658. The molecular weight excluding hydrogens is 224 g/mol. The number of rotatable bonds is 5. The Kier molecular flexibility index (Phi) is 5.19. The van der Waals surface area contributed by atoms with Gasteiger partial charge in [-0.05, 0) is 38.2 Å². The number of sulfone groups is 1. The number of ketones is 1. The van der Waals surface area contributed by atoms with Crippen molar-refractivity contribution in [2.45, 2.75) is 45.4 Å². The number of carbonyl (C=O) groups is 1. The summed E-state index contributed by atoms with van der Waals surface area (Å²) in [5.41, 5.74) is 1.13. The molecule has 0 amide bonds. The van der Waals surface area contributed by atoms with Gasteiger partial charge in [0.05, 0.1) is 5.75 Å². The average molecular weight is 244 g/mol. The first kappa shape index (κ1) is 13.4. The molecule has 0 saturated heterocycles. The second-order valence-corrected chi connectivity index (χ2v) is 6.79. The molecular formula is C12H20O3S. The second-order valence-electron chi connectivity index (χ2n) is 4.32. The monoisotopic (exact) mass is 244 g/mol. The van der Waals surface area contributed by atoms with Crippen LogP contribution < -0.4 is 0 Å². The van der Waals surface area contributed by atoms with Crippen molar-refractivity contribution in [1.29, 1.82) is 0 Å². The van der Waals surface area contributed by atoms with Gasteiger partial charge in [-0.2, -0.15) is 0 Å². The molecule has 3 nitrogen and oxygen atoms in total. The third kappa shape index (κ3) is 4.92. The van der Waals surface area contributed by atoms with Crippen LogP contribution in [0.25, 0.3) is 0 Å². The van der Waals surface area contributed by atoms with Crippen molar-refractivity contribution >= 4 is 15.6 Å². The Labute approximate surface area is 97.8 Å². The first-order chi connectivity index (χ1) is 7.53. The van der Waals surface area contributed by atoms with Gasteiger partial charge in [0.25, 0.3) is 0 Å². The van der Waals surface area contributed by atoms with E-state index in [4.69, 9.17) is 0 Å². The van der Waals surface area contributed by atoms with E-state index in [1.807, 2.05) is 0 Å². The standard InChI is InChI=1S/C12H20O3S/c1-2-16(14,15)9-5-7-11-6-3-4-8-12(13)10-11/h10H,2-9H2,1H3. The summed E-state index contributed by atoms with van der Waals surface area (Å²) >= 11 is 0. The molecule has 16 heavy (non-hydrogen) atoms. The van der Waals surface area contributed by atoms with E-state index in [9.17, 15) is 13.2 Å². The SMILES string of the molecule is CCS(=O)(=O)CCCC1=CC(=O)CCCC1. The molecule has 0 saturated carbocycles. The van der Waals surface area contributed by atoms with Crippen LogP contribution in [0, 0.1) is 0 Å². The molecule has 1 aliphatic rings. The highest BCUT2D eigenvalue weighted by Gasteiger charge is 2.11. The molecule has 0 aromatic rings. The van der Waals surface area contributed by atoms with Crippen LogP contribution in [0.15, 0.2) is 11.6 Å². The Balaban J connectivity index is 2.40. The average Bonchev–Trinajstić information content (AvgIpc) is 2.43. The summed E-state index contributed by atoms with van der Waals surface area (Å²) in [6.07, 6.45) is 6.75. The molecule has 0 bridgehead atoms. The predicted molar refractivity (Wildman–Crippen MR) is 65.1 cm³/mol. The van der Waals surface area contributed by atoms with Crippen molar-refractivity contribution in [3.63, 3.8) is 0 Å². The van der Waals surface area contributed by atoms with Gasteiger partial charge in [-0.25, -0.2) is 8.42 Å². The second kappa shape index (κ2) is 6.18. The summed E-state index contributed by atoms with van der Waals surface area (Å²) in [7, 11) is -2.86. The number of carbonyl (C=O) groups excluding carboxylic acids is 1. The molecule has 0 heterocycles. The van der Waals surface area contributed by atoms with E-state index in [1.165, 1.54) is 0 Å². The first-order valence-corrected chi connectivity index (χ1v) is 7.78. The van der Waals surface area contributed by atoms with Crippen molar-refractivity contribution in [3.05, 3.63) is 11.6 Å². The third-order valence-electron chi connectivity index (χ3n) is 2.93. The zero-order valence-corrected chi connectivity index (χ0v) is 10.7. The molecule has 0 atom stereocenters. The first-order valence-electron chi connectivity index (χ1n) is 5.96. The molecule has 1 aliphatic carbocycles. The summed E-state index contributed by atoms with van der Waals surface area (Å²) in [5, 5.41) is 0. The molecule has 0 radical (unpaired) electrons. The zero-order chi connectivity index (χ0) is 12.0. The maximum absolute atomic E-state index is 11.3. The Morgan fingerprint density at radius 1 is 1.25 bits per heavy atom. The van der Waals surface area contributed by atoms with E-state index in [1.54, 1.807) is 13.0 Å². The minimum Gasteiger partial charge on any atom is -0.295 e. The molecule has 4 heteroatoms. The van der Waals surface area contributed by atoms with Crippen molar-refractivity contribution in [2.24, 2.45) is 0 Å². The third-order valence-corrected chi connectivity index (χ3v) is 4.72. The van der Waals surface area contributed by atoms with Gasteiger partial charge < -0.3 is 0 Å². The van der Waals surface area contributed by atoms with E-state index in [-0.39, 0.29) is 17.3 Å². The summed E-state index contributed by atoms with van der Waals surface area (Å²) in [6.45, 7) is 1.67. The largest absolute Gasteiger partial charge is 0.295 e. The fourth-order valence-corrected chi connectivity index (χ4v) is 2.76. The van der Waals surface area contributed by atoms with Crippen LogP contribution in [0.4, 0.5) is 0 Å². The molecule has 0 N–H and O–H groups in total. The molecule has 0 spiro atoms. The summed E-state index contributed by atoms with van der Waals surface area (Å²) in [4.78, 5) is 11.3. The van der Waals surface area contributed by atoms with Gasteiger partial charge in [0.2, 0.25) is 0 Å². The fourth-order valence-electron chi connectivity index (χ4n) is 1.88. The van der Waals surface area contributed by atoms with Crippen LogP contribution in [-0.4, -0.2) is 25.7 Å². The van der Waals surface area contributed by atoms with Crippen LogP contribution in [-0.2, 0) is 14.6 Å². The Hall–Kier alpha value is -0.640. The summed E-state index contributed by atoms with van der Waals surface area (Å²) < 4.78 is 22.6. The lowest BCUT2D eigenvalue weighted by atomic mass is 10.1. The Morgan fingerprint density at radius 2 is 1.94 bits per heavy atom. The Bertz CT molecular complexity index is 366. The number of hydrogen-bond donors (Lipinski definition) is 0. The maximum Gasteiger partial charge on any atom is 0.155 e. The van der Waals surface area contributed by atoms with E-state index in [2.05, 4.69) is 0 Å². The quantitative estimate of drug-likeness (QED) is 0.745. The topological polar surface area (TPSA) is 51.2 Å². The van der Waals surface area contributed by atoms with Crippen LogP contribution in [0.5, 0.6) is 0 Å². The number of hydrogen-bond acceptors (Lipinski definition) is 3. The summed E-state index contributed by atoms with van der Waals surface area (Å²) in [6, 6.07) is 0. The van der Waals surface area contributed by atoms with E-state index in [0.29, 0.717) is 12.8 Å². The lowest BCUT2D eigenvalue weighted by Gasteiger charge is -2.04. The molecule has 0 unspecified atom stereocenters. The highest BCUT2D eigenvalue weighted by Crippen LogP contribution is 2.19. The van der Waals surface area contributed by atoms with Gasteiger partial charge in [-0.15, -0.1) is 0 Å². The van der Waals surface area contributed by atoms with Gasteiger partial charge >= 0.3 is 0 Å². The van der Waals surface area contributed by atoms with Gasteiger partial charge in [0.1, 0.15) is 9.84 Å². The Morgan fingerprint density at radius 3 is 2.62 bits per heavy atom. The lowest BCUT2D eigenvalue weighted by Crippen LogP contribution is -2.08. The van der Waals surface area contributed by atoms with Crippen LogP contribution in [0.1, 0.15) is 45.4 Å². The van der Waals surface area contributed by atoms with E-state index in [0.717, 1.165) is 31.3 Å². The van der Waals surface area contributed by atoms with Gasteiger partial charge in [0, 0.05) is 12.2 Å². The van der Waals surface area contributed by atoms with Crippen molar-refractivity contribution in [1.82, 2.24) is 0 Å². The molecule has 92 valence electrons. The van der Waals surface area contributed by atoms with Crippen LogP contribution in [0.3, 0.4) is 0 Å². The van der Waals surface area contributed by atoms with Crippen LogP contribution in [0.2, 0.25) is 0 Å². The number of allylic oxidation sites excluding steroid dienone is 2. The molecule has 0 aliphatic heterocycles. The molecule has 0 fully saturated rings. The van der Waals surface area contributed by atoms with Gasteiger partial charge in [0.15, 0.2) is 5.78 Å². The maximum atomic E-state index is 11.3. The zero-order valence-electron chi connectivity index (χ0n) is 9.87. The van der Waals surface area contributed by atoms with Crippen molar-refractivity contribution in [2.75, 3.05) is 11.5 Å². The van der Waals surface area contributed by atoms with Gasteiger partial charge in [-0.3, -0.25) is 4.79 Å². The van der Waals surface area contributed by atoms with Crippen molar-refractivity contribution in [3.8, 4) is 0 Å².